The average Bonchev–Trinajstić information content (AvgIpc) is 2.70. The lowest BCUT2D eigenvalue weighted by atomic mass is 10.2. The molecule has 6 heteroatoms. The van der Waals surface area contributed by atoms with Crippen molar-refractivity contribution in [3.63, 3.8) is 0 Å². The first-order chi connectivity index (χ1) is 13.2. The van der Waals surface area contributed by atoms with Gasteiger partial charge in [-0.25, -0.2) is 4.99 Å². The van der Waals surface area contributed by atoms with Gasteiger partial charge in [-0.15, -0.1) is 0 Å². The Kier molecular flexibility index (Phi) is 8.29. The summed E-state index contributed by atoms with van der Waals surface area (Å²) in [6.07, 6.45) is -0.0537. The highest BCUT2D eigenvalue weighted by Gasteiger charge is 2.09. The van der Waals surface area contributed by atoms with Crippen LogP contribution in [-0.2, 0) is 6.54 Å². The predicted octanol–water partition coefficient (Wildman–Crippen LogP) is 3.23. The fourth-order valence-corrected chi connectivity index (χ4v) is 2.50. The van der Waals surface area contributed by atoms with E-state index in [1.807, 2.05) is 62.4 Å². The first-order valence-corrected chi connectivity index (χ1v) is 9.11. The molecule has 0 heterocycles. The van der Waals surface area contributed by atoms with Crippen molar-refractivity contribution in [1.29, 1.82) is 0 Å². The predicted molar refractivity (Wildman–Crippen MR) is 109 cm³/mol. The molecule has 0 fully saturated rings. The van der Waals surface area contributed by atoms with Crippen LogP contribution in [0.3, 0.4) is 0 Å². The molecule has 0 saturated carbocycles. The fraction of sp³-hybridized carbons (Fsp3) is 0.381. The van der Waals surface area contributed by atoms with Crippen molar-refractivity contribution in [2.75, 3.05) is 27.3 Å². The van der Waals surface area contributed by atoms with Crippen LogP contribution < -0.4 is 24.8 Å². The van der Waals surface area contributed by atoms with Crippen LogP contribution >= 0.6 is 0 Å². The van der Waals surface area contributed by atoms with Gasteiger partial charge in [0.2, 0.25) is 0 Å². The maximum absolute atomic E-state index is 5.97. The molecule has 1 unspecified atom stereocenters. The molecule has 2 aromatic rings. The van der Waals surface area contributed by atoms with E-state index >= 15 is 0 Å². The molecular weight excluding hydrogens is 342 g/mol. The van der Waals surface area contributed by atoms with Crippen LogP contribution in [0.4, 0.5) is 0 Å². The van der Waals surface area contributed by atoms with E-state index in [0.717, 1.165) is 35.3 Å². The van der Waals surface area contributed by atoms with Crippen LogP contribution in [-0.4, -0.2) is 39.4 Å². The van der Waals surface area contributed by atoms with Crippen molar-refractivity contribution in [3.8, 4) is 17.2 Å². The zero-order chi connectivity index (χ0) is 19.5. The first kappa shape index (κ1) is 20.4. The van der Waals surface area contributed by atoms with Crippen molar-refractivity contribution >= 4 is 5.96 Å². The normalized spacial score (nSPS) is 12.2. The van der Waals surface area contributed by atoms with Crippen molar-refractivity contribution < 1.29 is 14.2 Å². The summed E-state index contributed by atoms with van der Waals surface area (Å²) in [5.74, 6) is 3.03. The summed E-state index contributed by atoms with van der Waals surface area (Å²) >= 11 is 0. The second-order valence-electron chi connectivity index (χ2n) is 6.01. The highest BCUT2D eigenvalue weighted by molar-refractivity contribution is 5.79. The number of ether oxygens (including phenoxy) is 3. The standard InChI is InChI=1S/C21H29N3O3/c1-5-22-21(24-15-17-9-8-10-18(13-17)25-3)23-14-16(2)27-20-12-7-6-11-19(20)26-4/h6-13,16H,5,14-15H2,1-4H3,(H2,22,23,24). The molecule has 0 aliphatic rings. The van der Waals surface area contributed by atoms with E-state index in [9.17, 15) is 0 Å². The average molecular weight is 371 g/mol. The topological polar surface area (TPSA) is 64.1 Å². The van der Waals surface area contributed by atoms with E-state index in [1.54, 1.807) is 14.2 Å². The van der Waals surface area contributed by atoms with Crippen LogP contribution in [0.1, 0.15) is 19.4 Å². The molecule has 0 aliphatic heterocycles. The summed E-state index contributed by atoms with van der Waals surface area (Å²) in [6.45, 7) is 6.00. The molecule has 0 spiro atoms. The fourth-order valence-electron chi connectivity index (χ4n) is 2.50. The van der Waals surface area contributed by atoms with E-state index in [0.29, 0.717) is 13.1 Å². The number of aliphatic imine (C=N–C) groups is 1. The number of para-hydroxylation sites is 2. The molecule has 2 rings (SSSR count). The Morgan fingerprint density at radius 3 is 2.48 bits per heavy atom. The van der Waals surface area contributed by atoms with Gasteiger partial charge in [0.15, 0.2) is 17.5 Å². The van der Waals surface area contributed by atoms with Crippen LogP contribution in [0.5, 0.6) is 17.2 Å². The second kappa shape index (κ2) is 11.0. The largest absolute Gasteiger partial charge is 0.497 e. The van der Waals surface area contributed by atoms with E-state index in [2.05, 4.69) is 15.6 Å². The smallest absolute Gasteiger partial charge is 0.191 e. The molecule has 0 aromatic heterocycles. The first-order valence-electron chi connectivity index (χ1n) is 9.11. The van der Waals surface area contributed by atoms with Gasteiger partial charge in [0.25, 0.3) is 0 Å². The quantitative estimate of drug-likeness (QED) is 0.523. The lowest BCUT2D eigenvalue weighted by molar-refractivity contribution is 0.213. The Morgan fingerprint density at radius 2 is 1.78 bits per heavy atom. The van der Waals surface area contributed by atoms with Gasteiger partial charge in [-0.1, -0.05) is 24.3 Å². The SMILES string of the molecule is CCNC(=NCc1cccc(OC)c1)NCC(C)Oc1ccccc1OC. The zero-order valence-electron chi connectivity index (χ0n) is 16.5. The van der Waals surface area contributed by atoms with Gasteiger partial charge in [-0.3, -0.25) is 0 Å². The van der Waals surface area contributed by atoms with Gasteiger partial charge >= 0.3 is 0 Å². The van der Waals surface area contributed by atoms with Gasteiger partial charge in [0, 0.05) is 6.54 Å². The molecule has 0 radical (unpaired) electrons. The maximum atomic E-state index is 5.97. The third-order valence-corrected chi connectivity index (χ3v) is 3.85. The maximum Gasteiger partial charge on any atom is 0.191 e. The summed E-state index contributed by atoms with van der Waals surface area (Å²) in [4.78, 5) is 4.63. The molecule has 6 nitrogen and oxygen atoms in total. The molecule has 0 aliphatic carbocycles. The van der Waals surface area contributed by atoms with Gasteiger partial charge in [0.05, 0.1) is 27.3 Å². The highest BCUT2D eigenvalue weighted by atomic mass is 16.5. The third kappa shape index (κ3) is 6.73. The number of nitrogens with one attached hydrogen (secondary N) is 2. The Balaban J connectivity index is 1.92. The van der Waals surface area contributed by atoms with E-state index in [4.69, 9.17) is 14.2 Å². The van der Waals surface area contributed by atoms with Gasteiger partial charge < -0.3 is 24.8 Å². The van der Waals surface area contributed by atoms with Crippen LogP contribution in [0.25, 0.3) is 0 Å². The van der Waals surface area contributed by atoms with Gasteiger partial charge in [-0.2, -0.15) is 0 Å². The molecule has 2 aromatic carbocycles. The van der Waals surface area contributed by atoms with Crippen molar-refractivity contribution in [2.45, 2.75) is 26.5 Å². The molecule has 0 amide bonds. The van der Waals surface area contributed by atoms with Crippen LogP contribution in [0.2, 0.25) is 0 Å². The number of hydrogen-bond donors (Lipinski definition) is 2. The lowest BCUT2D eigenvalue weighted by Gasteiger charge is -2.19. The Labute approximate surface area is 161 Å². The number of methoxy groups -OCH3 is 2. The van der Waals surface area contributed by atoms with Gasteiger partial charge in [0.1, 0.15) is 11.9 Å². The Morgan fingerprint density at radius 1 is 1.00 bits per heavy atom. The number of rotatable bonds is 9. The minimum Gasteiger partial charge on any atom is -0.497 e. The molecule has 0 bridgehead atoms. The van der Waals surface area contributed by atoms with E-state index in [1.165, 1.54) is 0 Å². The highest BCUT2D eigenvalue weighted by Crippen LogP contribution is 2.26. The monoisotopic (exact) mass is 371 g/mol. The number of hydrogen-bond acceptors (Lipinski definition) is 4. The van der Waals surface area contributed by atoms with Crippen LogP contribution in [0, 0.1) is 0 Å². The number of benzene rings is 2. The number of nitrogens with zero attached hydrogens (tertiary/aromatic N) is 1. The molecule has 146 valence electrons. The summed E-state index contributed by atoms with van der Waals surface area (Å²) < 4.78 is 16.6. The molecule has 2 N–H and O–H groups in total. The molecule has 27 heavy (non-hydrogen) atoms. The van der Waals surface area contributed by atoms with Crippen molar-refractivity contribution in [1.82, 2.24) is 10.6 Å². The Hall–Kier alpha value is -2.89. The van der Waals surface area contributed by atoms with E-state index in [-0.39, 0.29) is 6.10 Å². The minimum atomic E-state index is -0.0537. The molecular formula is C21H29N3O3. The summed E-state index contributed by atoms with van der Waals surface area (Å²) in [5.41, 5.74) is 1.09. The second-order valence-corrected chi connectivity index (χ2v) is 6.01. The third-order valence-electron chi connectivity index (χ3n) is 3.85. The lowest BCUT2D eigenvalue weighted by Crippen LogP contribution is -2.41. The Bertz CT molecular complexity index is 734. The summed E-state index contributed by atoms with van der Waals surface area (Å²) in [7, 11) is 3.30. The summed E-state index contributed by atoms with van der Waals surface area (Å²) in [6, 6.07) is 15.5. The minimum absolute atomic E-state index is 0.0537. The molecule has 1 atom stereocenters. The van der Waals surface area contributed by atoms with Crippen molar-refractivity contribution in [3.05, 3.63) is 54.1 Å². The van der Waals surface area contributed by atoms with Crippen LogP contribution in [0.15, 0.2) is 53.5 Å². The molecule has 0 saturated heterocycles. The van der Waals surface area contributed by atoms with Gasteiger partial charge in [-0.05, 0) is 43.7 Å². The zero-order valence-corrected chi connectivity index (χ0v) is 16.5. The van der Waals surface area contributed by atoms with E-state index < -0.39 is 0 Å². The van der Waals surface area contributed by atoms with Crippen molar-refractivity contribution in [2.24, 2.45) is 4.99 Å². The summed E-state index contributed by atoms with van der Waals surface area (Å²) in [5, 5.41) is 6.57. The number of guanidine groups is 1.